The molecular weight excluding hydrogens is 439 g/mol. The number of hydrogen-bond acceptors (Lipinski definition) is 2. The van der Waals surface area contributed by atoms with E-state index in [4.69, 9.17) is 9.98 Å². The molecule has 0 spiro atoms. The molecule has 1 saturated heterocycles. The summed E-state index contributed by atoms with van der Waals surface area (Å²) in [6, 6.07) is 13.0. The van der Waals surface area contributed by atoms with Crippen LogP contribution in [0.4, 0.5) is 11.4 Å². The van der Waals surface area contributed by atoms with Crippen LogP contribution in [0.3, 0.4) is 0 Å². The molecule has 0 radical (unpaired) electrons. The first kappa shape index (κ1) is 26.1. The van der Waals surface area contributed by atoms with E-state index < -0.39 is 0 Å². The van der Waals surface area contributed by atoms with Crippen LogP contribution in [0.5, 0.6) is 0 Å². The van der Waals surface area contributed by atoms with Gasteiger partial charge in [-0.05, 0) is 54.4 Å². The zero-order valence-electron chi connectivity index (χ0n) is 20.8. The van der Waals surface area contributed by atoms with Gasteiger partial charge in [0.2, 0.25) is 0 Å². The van der Waals surface area contributed by atoms with Gasteiger partial charge in [-0.3, -0.25) is 0 Å². The molecule has 0 N–H and O–H groups in total. The Morgan fingerprint density at radius 2 is 1.09 bits per heavy atom. The van der Waals surface area contributed by atoms with Crippen molar-refractivity contribution in [2.75, 3.05) is 27.2 Å². The Hall–Kier alpha value is -2.13. The summed E-state index contributed by atoms with van der Waals surface area (Å²) in [6.45, 7) is 15.2. The minimum Gasteiger partial charge on any atom is -0.357 e. The van der Waals surface area contributed by atoms with Crippen LogP contribution in [-0.4, -0.2) is 48.7 Å². The first-order valence-electron chi connectivity index (χ1n) is 11.5. The molecule has 0 amide bonds. The first-order chi connectivity index (χ1) is 14.7. The molecule has 2 aromatic rings. The summed E-state index contributed by atoms with van der Waals surface area (Å²) in [7, 11) is 4.28. The Labute approximate surface area is 204 Å². The van der Waals surface area contributed by atoms with Crippen molar-refractivity contribution in [3.63, 3.8) is 0 Å². The van der Waals surface area contributed by atoms with Crippen LogP contribution in [-0.2, 0) is 16.5 Å². The van der Waals surface area contributed by atoms with Crippen LogP contribution >= 0.6 is 0 Å². The Morgan fingerprint density at radius 1 is 0.688 bits per heavy atom. The summed E-state index contributed by atoms with van der Waals surface area (Å²) in [5.41, 5.74) is 7.14. The van der Waals surface area contributed by atoms with Gasteiger partial charge in [0.15, 0.2) is 11.7 Å². The normalized spacial score (nSPS) is 17.3. The average Bonchev–Trinajstić information content (AvgIpc) is 2.83. The van der Waals surface area contributed by atoms with E-state index >= 15 is 0 Å². The molecule has 1 aliphatic heterocycles. The number of nitrogens with zero attached hydrogens (tertiary/aromatic N) is 4. The van der Waals surface area contributed by atoms with E-state index in [2.05, 4.69) is 102 Å². The molecular formula is C27H38N4Ni. The molecule has 1 aliphatic rings. The smallest absolute Gasteiger partial charge is 0.172 e. The summed E-state index contributed by atoms with van der Waals surface area (Å²) in [6.07, 6.45) is 1.08. The number of para-hydroxylation sites is 2. The van der Waals surface area contributed by atoms with Crippen molar-refractivity contribution >= 4 is 23.0 Å². The molecule has 3 rings (SSSR count). The molecule has 0 atom stereocenters. The molecule has 176 valence electrons. The van der Waals surface area contributed by atoms with Crippen molar-refractivity contribution in [1.82, 2.24) is 9.80 Å². The van der Waals surface area contributed by atoms with E-state index in [1.54, 1.807) is 0 Å². The van der Waals surface area contributed by atoms with Gasteiger partial charge in [-0.25, -0.2) is 9.98 Å². The molecule has 0 saturated carbocycles. The minimum atomic E-state index is 0. The third-order valence-corrected chi connectivity index (χ3v) is 6.13. The quantitative estimate of drug-likeness (QED) is 0.466. The molecule has 1 fully saturated rings. The fraction of sp³-hybridized carbons (Fsp3) is 0.481. The molecule has 2 aromatic carbocycles. The number of likely N-dealkylation sites (N-methyl/N-ethyl adjacent to an activating group) is 2. The predicted molar refractivity (Wildman–Crippen MR) is 135 cm³/mol. The standard InChI is InChI=1S/C27H38N4.Ni/c1-18(2)22-14-10-15-23(19(3)4)25(22)29-27-26(30(7)16-11-17-31(27)8)28-24-20(5)12-9-13-21(24)6;/h9-10,12-15,18-19H,11,16-17H2,1-8H3;. The van der Waals surface area contributed by atoms with Gasteiger partial charge in [-0.2, -0.15) is 0 Å². The van der Waals surface area contributed by atoms with Crippen molar-refractivity contribution in [2.45, 2.75) is 59.8 Å². The molecule has 0 unspecified atom stereocenters. The molecule has 4 nitrogen and oxygen atoms in total. The number of aryl methyl sites for hydroxylation is 2. The SMILES string of the molecule is Cc1cccc(C)c1N=C1C(=Nc2c(C(C)C)cccc2C(C)C)N(C)CCCN1C.[Ni]. The Morgan fingerprint density at radius 3 is 1.53 bits per heavy atom. The maximum absolute atomic E-state index is 5.36. The van der Waals surface area contributed by atoms with Gasteiger partial charge < -0.3 is 9.80 Å². The topological polar surface area (TPSA) is 31.2 Å². The Bertz CT molecular complexity index is 945. The van der Waals surface area contributed by atoms with Crippen LogP contribution < -0.4 is 0 Å². The second kappa shape index (κ2) is 11.1. The van der Waals surface area contributed by atoms with Gasteiger partial charge >= 0.3 is 0 Å². The minimum absolute atomic E-state index is 0. The van der Waals surface area contributed by atoms with E-state index in [1.807, 2.05) is 0 Å². The van der Waals surface area contributed by atoms with Gasteiger partial charge in [-0.15, -0.1) is 0 Å². The van der Waals surface area contributed by atoms with Crippen LogP contribution in [0.1, 0.15) is 68.2 Å². The fourth-order valence-electron chi connectivity index (χ4n) is 4.20. The van der Waals surface area contributed by atoms with Crippen LogP contribution in [0, 0.1) is 13.8 Å². The van der Waals surface area contributed by atoms with Crippen molar-refractivity contribution in [1.29, 1.82) is 0 Å². The number of aliphatic imine (C=N–C) groups is 2. The maximum Gasteiger partial charge on any atom is 0.172 e. The monoisotopic (exact) mass is 476 g/mol. The largest absolute Gasteiger partial charge is 0.357 e. The number of benzene rings is 2. The number of hydrogen-bond donors (Lipinski definition) is 0. The average molecular weight is 477 g/mol. The van der Waals surface area contributed by atoms with E-state index in [0.29, 0.717) is 11.8 Å². The summed E-state index contributed by atoms with van der Waals surface area (Å²) < 4.78 is 0. The number of amidine groups is 2. The maximum atomic E-state index is 5.36. The fourth-order valence-corrected chi connectivity index (χ4v) is 4.20. The summed E-state index contributed by atoms with van der Waals surface area (Å²) in [5, 5.41) is 0. The van der Waals surface area contributed by atoms with Crippen molar-refractivity contribution in [2.24, 2.45) is 9.98 Å². The summed E-state index contributed by atoms with van der Waals surface area (Å²) >= 11 is 0. The van der Waals surface area contributed by atoms with Gasteiger partial charge in [0.05, 0.1) is 11.4 Å². The summed E-state index contributed by atoms with van der Waals surface area (Å²) in [5.74, 6) is 2.72. The van der Waals surface area contributed by atoms with Gasteiger partial charge in [-0.1, -0.05) is 64.1 Å². The second-order valence-electron chi connectivity index (χ2n) is 9.40. The zero-order chi connectivity index (χ0) is 22.7. The van der Waals surface area contributed by atoms with E-state index in [1.165, 1.54) is 22.3 Å². The van der Waals surface area contributed by atoms with Crippen LogP contribution in [0.25, 0.3) is 0 Å². The van der Waals surface area contributed by atoms with E-state index in [9.17, 15) is 0 Å². The Balaban J connectivity index is 0.00000363. The molecule has 1 heterocycles. The third kappa shape index (κ3) is 5.62. The van der Waals surface area contributed by atoms with E-state index in [0.717, 1.165) is 42.6 Å². The molecule has 0 aliphatic carbocycles. The van der Waals surface area contributed by atoms with Crippen LogP contribution in [0.15, 0.2) is 46.4 Å². The molecule has 0 aromatic heterocycles. The van der Waals surface area contributed by atoms with Crippen molar-refractivity contribution in [3.05, 3.63) is 58.7 Å². The van der Waals surface area contributed by atoms with Gasteiger partial charge in [0.25, 0.3) is 0 Å². The Kier molecular flexibility index (Phi) is 9.10. The predicted octanol–water partition coefficient (Wildman–Crippen LogP) is 6.58. The molecule has 32 heavy (non-hydrogen) atoms. The molecule has 0 bridgehead atoms. The van der Waals surface area contributed by atoms with Crippen LogP contribution in [0.2, 0.25) is 0 Å². The van der Waals surface area contributed by atoms with E-state index in [-0.39, 0.29) is 16.5 Å². The van der Waals surface area contributed by atoms with Gasteiger partial charge in [0, 0.05) is 43.7 Å². The van der Waals surface area contributed by atoms with Crippen molar-refractivity contribution < 1.29 is 16.5 Å². The van der Waals surface area contributed by atoms with Crippen molar-refractivity contribution in [3.8, 4) is 0 Å². The zero-order valence-corrected chi connectivity index (χ0v) is 21.8. The first-order valence-corrected chi connectivity index (χ1v) is 11.5. The molecule has 5 heteroatoms. The van der Waals surface area contributed by atoms with Gasteiger partial charge in [0.1, 0.15) is 0 Å². The third-order valence-electron chi connectivity index (χ3n) is 6.13. The number of rotatable bonds is 4. The summed E-state index contributed by atoms with van der Waals surface area (Å²) in [4.78, 5) is 15.1. The second-order valence-corrected chi connectivity index (χ2v) is 9.40.